The van der Waals surface area contributed by atoms with Gasteiger partial charge in [0, 0.05) is 24.0 Å². The second-order valence-corrected chi connectivity index (χ2v) is 7.19. The number of nitrogens with one attached hydrogen (secondary N) is 1. The van der Waals surface area contributed by atoms with Crippen LogP contribution in [-0.4, -0.2) is 33.9 Å². The number of halogens is 1. The summed E-state index contributed by atoms with van der Waals surface area (Å²) in [4.78, 5) is 32.4. The lowest BCUT2D eigenvalue weighted by Gasteiger charge is -2.43. The van der Waals surface area contributed by atoms with Gasteiger partial charge in [0.15, 0.2) is 0 Å². The van der Waals surface area contributed by atoms with E-state index in [-0.39, 0.29) is 28.5 Å². The molecule has 1 aromatic carbocycles. The molecular weight excluding hydrogens is 326 g/mol. The average molecular weight is 344 g/mol. The molecule has 1 N–H and O–H groups in total. The topological polar surface area (TPSA) is 66.1 Å². The minimum Gasteiger partial charge on any atom is -0.336 e. The number of hydrogen-bond donors (Lipinski definition) is 1. The number of amides is 1. The standard InChI is InChI=1S/C18H18ClN3O2/c19-14-5-2-1-4-12(14)13-10-22(11-18(13)6-3-7-18)17(24)15-8-20-9-16(23)21-15/h1-2,4-5,8-9,13H,3,6-7,10-11H2,(H,21,23)/t13-/m1/s1. The number of carbonyl (C=O) groups excluding carboxylic acids is 1. The molecule has 1 amide bonds. The molecule has 0 bridgehead atoms. The first-order chi connectivity index (χ1) is 11.6. The van der Waals surface area contributed by atoms with E-state index in [9.17, 15) is 9.59 Å². The summed E-state index contributed by atoms with van der Waals surface area (Å²) in [6.07, 6.45) is 5.99. The molecule has 1 atom stereocenters. The second kappa shape index (κ2) is 5.74. The number of aromatic nitrogens is 2. The van der Waals surface area contributed by atoms with E-state index in [0.717, 1.165) is 23.4 Å². The van der Waals surface area contributed by atoms with Gasteiger partial charge in [-0.25, -0.2) is 0 Å². The van der Waals surface area contributed by atoms with Crippen LogP contribution in [0.4, 0.5) is 0 Å². The van der Waals surface area contributed by atoms with E-state index in [1.54, 1.807) is 0 Å². The number of hydrogen-bond acceptors (Lipinski definition) is 3. The molecule has 124 valence electrons. The lowest BCUT2D eigenvalue weighted by Crippen LogP contribution is -2.38. The van der Waals surface area contributed by atoms with Crippen LogP contribution < -0.4 is 5.56 Å². The highest BCUT2D eigenvalue weighted by molar-refractivity contribution is 6.31. The SMILES string of the molecule is O=C(c1cncc(=O)[nH]1)N1C[C@H](c2ccccc2Cl)C2(CCC2)C1. The van der Waals surface area contributed by atoms with Crippen LogP contribution in [0.2, 0.25) is 5.02 Å². The van der Waals surface area contributed by atoms with Gasteiger partial charge in [0.25, 0.3) is 11.5 Å². The first-order valence-electron chi connectivity index (χ1n) is 8.17. The van der Waals surface area contributed by atoms with Gasteiger partial charge in [-0.1, -0.05) is 36.2 Å². The van der Waals surface area contributed by atoms with Crippen LogP contribution in [-0.2, 0) is 0 Å². The predicted octanol–water partition coefficient (Wildman–Crippen LogP) is 2.83. The van der Waals surface area contributed by atoms with Gasteiger partial charge in [0.05, 0.1) is 12.4 Å². The highest BCUT2D eigenvalue weighted by Gasteiger charge is 2.52. The number of benzene rings is 1. The fraction of sp³-hybridized carbons (Fsp3) is 0.389. The summed E-state index contributed by atoms with van der Waals surface area (Å²) in [6.45, 7) is 1.33. The maximum atomic E-state index is 12.8. The molecular formula is C18H18ClN3O2. The van der Waals surface area contributed by atoms with E-state index in [0.29, 0.717) is 13.1 Å². The third-order valence-corrected chi connectivity index (χ3v) is 5.79. The summed E-state index contributed by atoms with van der Waals surface area (Å²) in [5, 5.41) is 0.762. The maximum absolute atomic E-state index is 12.8. The largest absolute Gasteiger partial charge is 0.336 e. The van der Waals surface area contributed by atoms with E-state index in [1.165, 1.54) is 18.8 Å². The van der Waals surface area contributed by atoms with Crippen LogP contribution in [0.25, 0.3) is 0 Å². The quantitative estimate of drug-likeness (QED) is 0.911. The molecule has 0 unspecified atom stereocenters. The van der Waals surface area contributed by atoms with E-state index in [1.807, 2.05) is 23.1 Å². The summed E-state index contributed by atoms with van der Waals surface area (Å²) >= 11 is 6.42. The molecule has 6 heteroatoms. The summed E-state index contributed by atoms with van der Waals surface area (Å²) in [5.41, 5.74) is 1.12. The molecule has 2 heterocycles. The van der Waals surface area contributed by atoms with Gasteiger partial charge in [-0.3, -0.25) is 14.6 Å². The van der Waals surface area contributed by atoms with Gasteiger partial charge >= 0.3 is 0 Å². The highest BCUT2D eigenvalue weighted by Crippen LogP contribution is 2.56. The average Bonchev–Trinajstić information content (AvgIpc) is 2.95. The molecule has 1 spiro atoms. The Morgan fingerprint density at radius 3 is 2.75 bits per heavy atom. The third kappa shape index (κ3) is 2.44. The zero-order valence-corrected chi connectivity index (χ0v) is 13.9. The molecule has 1 saturated carbocycles. The maximum Gasteiger partial charge on any atom is 0.272 e. The van der Waals surface area contributed by atoms with Crippen molar-refractivity contribution in [2.45, 2.75) is 25.2 Å². The van der Waals surface area contributed by atoms with Crippen molar-refractivity contribution in [3.8, 4) is 0 Å². The van der Waals surface area contributed by atoms with Gasteiger partial charge in [-0.15, -0.1) is 0 Å². The van der Waals surface area contributed by atoms with Crippen molar-refractivity contribution in [1.82, 2.24) is 14.9 Å². The van der Waals surface area contributed by atoms with Crippen molar-refractivity contribution in [3.63, 3.8) is 0 Å². The molecule has 1 aliphatic heterocycles. The molecule has 2 fully saturated rings. The summed E-state index contributed by atoms with van der Waals surface area (Å²) in [7, 11) is 0. The highest BCUT2D eigenvalue weighted by atomic mass is 35.5. The number of H-pyrrole nitrogens is 1. The number of likely N-dealkylation sites (tertiary alicyclic amines) is 1. The van der Waals surface area contributed by atoms with Crippen LogP contribution >= 0.6 is 11.6 Å². The smallest absolute Gasteiger partial charge is 0.272 e. The Morgan fingerprint density at radius 2 is 2.08 bits per heavy atom. The van der Waals surface area contributed by atoms with Crippen LogP contribution in [0.3, 0.4) is 0 Å². The van der Waals surface area contributed by atoms with Crippen LogP contribution in [0.1, 0.15) is 41.2 Å². The number of aromatic amines is 1. The lowest BCUT2D eigenvalue weighted by atomic mass is 9.61. The lowest BCUT2D eigenvalue weighted by molar-refractivity contribution is 0.0719. The Kier molecular flexibility index (Phi) is 3.68. The Labute approximate surface area is 144 Å². The first-order valence-corrected chi connectivity index (χ1v) is 8.55. The minimum absolute atomic E-state index is 0.114. The zero-order chi connectivity index (χ0) is 16.7. The van der Waals surface area contributed by atoms with E-state index < -0.39 is 0 Å². The van der Waals surface area contributed by atoms with Crippen molar-refractivity contribution >= 4 is 17.5 Å². The van der Waals surface area contributed by atoms with Crippen molar-refractivity contribution in [3.05, 3.63) is 63.3 Å². The normalized spacial score (nSPS) is 21.7. The minimum atomic E-state index is -0.360. The predicted molar refractivity (Wildman–Crippen MR) is 91.2 cm³/mol. The van der Waals surface area contributed by atoms with Gasteiger partial charge in [0.1, 0.15) is 5.69 Å². The third-order valence-electron chi connectivity index (χ3n) is 5.45. The van der Waals surface area contributed by atoms with Crippen LogP contribution in [0.5, 0.6) is 0 Å². The monoisotopic (exact) mass is 343 g/mol. The number of carbonyl (C=O) groups is 1. The molecule has 1 saturated heterocycles. The summed E-state index contributed by atoms with van der Waals surface area (Å²) < 4.78 is 0. The van der Waals surface area contributed by atoms with Crippen LogP contribution in [0.15, 0.2) is 41.5 Å². The van der Waals surface area contributed by atoms with Crippen molar-refractivity contribution in [2.24, 2.45) is 5.41 Å². The van der Waals surface area contributed by atoms with Gasteiger partial charge in [0.2, 0.25) is 0 Å². The Balaban J connectivity index is 1.65. The van der Waals surface area contributed by atoms with Crippen LogP contribution in [0, 0.1) is 5.41 Å². The zero-order valence-electron chi connectivity index (χ0n) is 13.2. The van der Waals surface area contributed by atoms with E-state index >= 15 is 0 Å². The molecule has 0 radical (unpaired) electrons. The summed E-state index contributed by atoms with van der Waals surface area (Å²) in [5.74, 6) is 0.0771. The van der Waals surface area contributed by atoms with Gasteiger partial charge < -0.3 is 9.88 Å². The van der Waals surface area contributed by atoms with Gasteiger partial charge in [-0.2, -0.15) is 0 Å². The van der Waals surface area contributed by atoms with E-state index in [2.05, 4.69) is 16.0 Å². The molecule has 5 nitrogen and oxygen atoms in total. The van der Waals surface area contributed by atoms with Gasteiger partial charge in [-0.05, 0) is 29.9 Å². The van der Waals surface area contributed by atoms with Crippen molar-refractivity contribution < 1.29 is 4.79 Å². The Morgan fingerprint density at radius 1 is 1.29 bits per heavy atom. The van der Waals surface area contributed by atoms with E-state index in [4.69, 9.17) is 11.6 Å². The molecule has 1 aromatic heterocycles. The number of nitrogens with zero attached hydrogens (tertiary/aromatic N) is 2. The molecule has 1 aliphatic carbocycles. The fourth-order valence-corrected chi connectivity index (χ4v) is 4.37. The molecule has 2 aromatic rings. The molecule has 2 aliphatic rings. The first kappa shape index (κ1) is 15.4. The molecule has 4 rings (SSSR count). The second-order valence-electron chi connectivity index (χ2n) is 6.79. The number of rotatable bonds is 2. The van der Waals surface area contributed by atoms with Crippen molar-refractivity contribution in [1.29, 1.82) is 0 Å². The Bertz CT molecular complexity index is 844. The molecule has 24 heavy (non-hydrogen) atoms. The summed E-state index contributed by atoms with van der Waals surface area (Å²) in [6, 6.07) is 7.90. The Hall–Kier alpha value is -2.14. The fourth-order valence-electron chi connectivity index (χ4n) is 4.10. The van der Waals surface area contributed by atoms with Crippen molar-refractivity contribution in [2.75, 3.05) is 13.1 Å².